The molecule has 0 aliphatic rings. The van der Waals surface area contributed by atoms with Crippen LogP contribution in [0.2, 0.25) is 0 Å². The van der Waals surface area contributed by atoms with Crippen LogP contribution in [0.3, 0.4) is 0 Å². The summed E-state index contributed by atoms with van der Waals surface area (Å²) < 4.78 is 1.10. The summed E-state index contributed by atoms with van der Waals surface area (Å²) in [6.07, 6.45) is 0. The molecule has 2 nitrogen and oxygen atoms in total. The van der Waals surface area contributed by atoms with E-state index in [1.807, 2.05) is 0 Å². The van der Waals surface area contributed by atoms with Crippen molar-refractivity contribution in [1.82, 2.24) is 4.90 Å². The Morgan fingerprint density at radius 1 is 1.05 bits per heavy atom. The molecule has 2 rings (SSSR count). The van der Waals surface area contributed by atoms with Crippen LogP contribution < -0.4 is 5.73 Å². The molecule has 0 fully saturated rings. The van der Waals surface area contributed by atoms with E-state index in [1.165, 1.54) is 16.7 Å². The lowest BCUT2D eigenvalue weighted by molar-refractivity contribution is 0.242. The first kappa shape index (κ1) is 15.2. The molecular formula is C17H21BrN2. The van der Waals surface area contributed by atoms with Gasteiger partial charge in [0.05, 0.1) is 0 Å². The highest BCUT2D eigenvalue weighted by atomic mass is 79.9. The second-order valence-corrected chi connectivity index (χ2v) is 6.12. The van der Waals surface area contributed by atoms with Crippen LogP contribution in [0.4, 0.5) is 0 Å². The molecule has 20 heavy (non-hydrogen) atoms. The zero-order valence-electron chi connectivity index (χ0n) is 12.0. The van der Waals surface area contributed by atoms with Crippen LogP contribution in [-0.4, -0.2) is 18.5 Å². The van der Waals surface area contributed by atoms with Gasteiger partial charge in [0.2, 0.25) is 0 Å². The van der Waals surface area contributed by atoms with Crippen LogP contribution in [0, 0.1) is 6.92 Å². The Kier molecular flexibility index (Phi) is 5.35. The molecule has 0 aliphatic carbocycles. The molecule has 106 valence electrons. The lowest BCUT2D eigenvalue weighted by Gasteiger charge is -2.27. The van der Waals surface area contributed by atoms with E-state index in [2.05, 4.69) is 83.3 Å². The zero-order chi connectivity index (χ0) is 14.5. The van der Waals surface area contributed by atoms with Gasteiger partial charge in [0.15, 0.2) is 0 Å². The second kappa shape index (κ2) is 7.02. The minimum atomic E-state index is 0.240. The molecule has 3 heteroatoms. The van der Waals surface area contributed by atoms with Gasteiger partial charge in [-0.3, -0.25) is 4.90 Å². The van der Waals surface area contributed by atoms with Crippen molar-refractivity contribution in [2.45, 2.75) is 19.5 Å². The number of nitrogens with two attached hydrogens (primary N) is 1. The van der Waals surface area contributed by atoms with E-state index in [-0.39, 0.29) is 6.04 Å². The van der Waals surface area contributed by atoms with E-state index in [0.29, 0.717) is 6.54 Å². The molecule has 0 saturated heterocycles. The third kappa shape index (κ3) is 3.92. The van der Waals surface area contributed by atoms with E-state index >= 15 is 0 Å². The summed E-state index contributed by atoms with van der Waals surface area (Å²) in [6, 6.07) is 17.3. The van der Waals surface area contributed by atoms with Crippen LogP contribution in [0.15, 0.2) is 53.0 Å². The Morgan fingerprint density at radius 2 is 1.65 bits per heavy atom. The van der Waals surface area contributed by atoms with Gasteiger partial charge >= 0.3 is 0 Å². The molecule has 2 aromatic rings. The molecule has 0 aliphatic heterocycles. The molecule has 0 aromatic heterocycles. The first-order chi connectivity index (χ1) is 9.60. The standard InChI is InChI=1S/C17H21BrN2/c1-13-3-5-14(6-4-13)12-20(2)17(11-19)15-7-9-16(18)10-8-15/h3-10,17H,11-12,19H2,1-2H3. The van der Waals surface area contributed by atoms with Crippen LogP contribution in [0.1, 0.15) is 22.7 Å². The van der Waals surface area contributed by atoms with Gasteiger partial charge in [-0.2, -0.15) is 0 Å². The normalized spacial score (nSPS) is 12.7. The fraction of sp³-hybridized carbons (Fsp3) is 0.294. The Bertz CT molecular complexity index is 534. The third-order valence-corrected chi connectivity index (χ3v) is 4.09. The fourth-order valence-electron chi connectivity index (χ4n) is 2.35. The van der Waals surface area contributed by atoms with Gasteiger partial charge < -0.3 is 5.73 Å². The molecule has 0 spiro atoms. The summed E-state index contributed by atoms with van der Waals surface area (Å²) in [7, 11) is 2.12. The first-order valence-corrected chi connectivity index (χ1v) is 7.61. The molecule has 0 heterocycles. The molecular weight excluding hydrogens is 312 g/mol. The maximum Gasteiger partial charge on any atom is 0.0470 e. The summed E-state index contributed by atoms with van der Waals surface area (Å²) in [4.78, 5) is 2.30. The Hall–Kier alpha value is -1.16. The minimum Gasteiger partial charge on any atom is -0.329 e. The van der Waals surface area contributed by atoms with Gasteiger partial charge in [-0.1, -0.05) is 57.9 Å². The molecule has 2 aromatic carbocycles. The average Bonchev–Trinajstić information content (AvgIpc) is 2.44. The van der Waals surface area contributed by atoms with Crippen molar-refractivity contribution in [3.63, 3.8) is 0 Å². The maximum atomic E-state index is 5.97. The summed E-state index contributed by atoms with van der Waals surface area (Å²) in [6.45, 7) is 3.63. The van der Waals surface area contributed by atoms with Gasteiger partial charge in [-0.05, 0) is 37.2 Å². The van der Waals surface area contributed by atoms with Crippen molar-refractivity contribution in [1.29, 1.82) is 0 Å². The Morgan fingerprint density at radius 3 is 2.20 bits per heavy atom. The minimum absolute atomic E-state index is 0.240. The molecule has 1 unspecified atom stereocenters. The summed E-state index contributed by atoms with van der Waals surface area (Å²) in [5, 5.41) is 0. The van der Waals surface area contributed by atoms with E-state index in [4.69, 9.17) is 5.73 Å². The number of hydrogen-bond donors (Lipinski definition) is 1. The average molecular weight is 333 g/mol. The van der Waals surface area contributed by atoms with E-state index in [0.717, 1.165) is 11.0 Å². The Labute approximate surface area is 129 Å². The molecule has 0 amide bonds. The van der Waals surface area contributed by atoms with E-state index in [1.54, 1.807) is 0 Å². The lowest BCUT2D eigenvalue weighted by Crippen LogP contribution is -2.30. The highest BCUT2D eigenvalue weighted by Gasteiger charge is 2.15. The van der Waals surface area contributed by atoms with Crippen molar-refractivity contribution in [2.75, 3.05) is 13.6 Å². The molecule has 2 N–H and O–H groups in total. The lowest BCUT2D eigenvalue weighted by atomic mass is 10.0. The first-order valence-electron chi connectivity index (χ1n) is 6.81. The van der Waals surface area contributed by atoms with Crippen LogP contribution in [-0.2, 0) is 6.54 Å². The van der Waals surface area contributed by atoms with Crippen LogP contribution in [0.5, 0.6) is 0 Å². The Balaban J connectivity index is 2.10. The zero-order valence-corrected chi connectivity index (χ0v) is 13.6. The predicted octanol–water partition coefficient (Wildman–Crippen LogP) is 3.89. The van der Waals surface area contributed by atoms with Crippen molar-refractivity contribution < 1.29 is 0 Å². The van der Waals surface area contributed by atoms with E-state index in [9.17, 15) is 0 Å². The number of likely N-dealkylation sites (N-methyl/N-ethyl adjacent to an activating group) is 1. The van der Waals surface area contributed by atoms with Crippen LogP contribution >= 0.6 is 15.9 Å². The molecule has 0 radical (unpaired) electrons. The van der Waals surface area contributed by atoms with Crippen LogP contribution in [0.25, 0.3) is 0 Å². The number of hydrogen-bond acceptors (Lipinski definition) is 2. The SMILES string of the molecule is Cc1ccc(CN(C)C(CN)c2ccc(Br)cc2)cc1. The molecule has 0 saturated carbocycles. The smallest absolute Gasteiger partial charge is 0.0470 e. The molecule has 1 atom stereocenters. The molecule has 0 bridgehead atoms. The number of halogens is 1. The van der Waals surface area contributed by atoms with Gasteiger partial charge in [0.25, 0.3) is 0 Å². The number of aryl methyl sites for hydroxylation is 1. The van der Waals surface area contributed by atoms with Crippen molar-refractivity contribution in [3.05, 3.63) is 69.7 Å². The number of rotatable bonds is 5. The van der Waals surface area contributed by atoms with Gasteiger partial charge in [0, 0.05) is 23.6 Å². The number of benzene rings is 2. The predicted molar refractivity (Wildman–Crippen MR) is 88.6 cm³/mol. The van der Waals surface area contributed by atoms with Gasteiger partial charge in [-0.15, -0.1) is 0 Å². The van der Waals surface area contributed by atoms with Gasteiger partial charge in [-0.25, -0.2) is 0 Å². The summed E-state index contributed by atoms with van der Waals surface area (Å²) in [5.41, 5.74) is 9.83. The quantitative estimate of drug-likeness (QED) is 0.899. The topological polar surface area (TPSA) is 29.3 Å². The maximum absolute atomic E-state index is 5.97. The summed E-state index contributed by atoms with van der Waals surface area (Å²) >= 11 is 3.47. The largest absolute Gasteiger partial charge is 0.329 e. The number of nitrogens with zero attached hydrogens (tertiary/aromatic N) is 1. The summed E-state index contributed by atoms with van der Waals surface area (Å²) in [5.74, 6) is 0. The van der Waals surface area contributed by atoms with E-state index < -0.39 is 0 Å². The fourth-order valence-corrected chi connectivity index (χ4v) is 2.61. The van der Waals surface area contributed by atoms with Gasteiger partial charge in [0.1, 0.15) is 0 Å². The second-order valence-electron chi connectivity index (χ2n) is 5.20. The van der Waals surface area contributed by atoms with Crippen molar-refractivity contribution in [3.8, 4) is 0 Å². The highest BCUT2D eigenvalue weighted by molar-refractivity contribution is 9.10. The van der Waals surface area contributed by atoms with Crippen molar-refractivity contribution >= 4 is 15.9 Å². The highest BCUT2D eigenvalue weighted by Crippen LogP contribution is 2.22. The third-order valence-electron chi connectivity index (χ3n) is 3.56. The monoisotopic (exact) mass is 332 g/mol. The van der Waals surface area contributed by atoms with Crippen molar-refractivity contribution in [2.24, 2.45) is 5.73 Å².